The lowest BCUT2D eigenvalue weighted by Gasteiger charge is -2.21. The zero-order valence-electron chi connectivity index (χ0n) is 18.5. The first-order valence-corrected chi connectivity index (χ1v) is 10.9. The van der Waals surface area contributed by atoms with Crippen LogP contribution in [-0.2, 0) is 0 Å². The van der Waals surface area contributed by atoms with E-state index in [1.54, 1.807) is 6.07 Å². The number of rotatable bonds is 7. The van der Waals surface area contributed by atoms with Crippen LogP contribution in [0.2, 0.25) is 5.02 Å². The first kappa shape index (κ1) is 21.9. The van der Waals surface area contributed by atoms with E-state index < -0.39 is 0 Å². The number of aromatic hydroxyl groups is 1. The molecule has 4 rings (SSSR count). The van der Waals surface area contributed by atoms with Crippen molar-refractivity contribution in [2.75, 3.05) is 39.1 Å². The molecule has 0 amide bonds. The summed E-state index contributed by atoms with van der Waals surface area (Å²) in [5.74, 6) is 0.0740. The van der Waals surface area contributed by atoms with Crippen molar-refractivity contribution >= 4 is 39.6 Å². The zero-order chi connectivity index (χ0) is 22.7. The number of aliphatic imine (C=N–C) groups is 1. The molecule has 0 aliphatic heterocycles. The predicted octanol–water partition coefficient (Wildman–Crippen LogP) is 5.69. The summed E-state index contributed by atoms with van der Waals surface area (Å²) < 4.78 is 0. The van der Waals surface area contributed by atoms with Gasteiger partial charge in [0, 0.05) is 41.8 Å². The molecule has 0 fully saturated rings. The minimum absolute atomic E-state index is 0.0740. The molecule has 1 heterocycles. The van der Waals surface area contributed by atoms with Gasteiger partial charge in [-0.1, -0.05) is 48.0 Å². The van der Waals surface area contributed by atoms with Crippen LogP contribution in [0.4, 0.5) is 11.4 Å². The molecular formula is C26H27ClN4O. The van der Waals surface area contributed by atoms with E-state index in [1.807, 2.05) is 54.6 Å². The van der Waals surface area contributed by atoms with E-state index >= 15 is 0 Å². The molecule has 0 atom stereocenters. The lowest BCUT2D eigenvalue weighted by molar-refractivity contribution is 0.416. The molecule has 6 heteroatoms. The molecule has 0 saturated heterocycles. The fourth-order valence-electron chi connectivity index (χ4n) is 3.65. The van der Waals surface area contributed by atoms with E-state index in [4.69, 9.17) is 16.6 Å². The Morgan fingerprint density at radius 3 is 2.34 bits per heavy atom. The number of H-pyrrole nitrogens is 1. The monoisotopic (exact) mass is 446 g/mol. The highest BCUT2D eigenvalue weighted by atomic mass is 35.5. The number of aromatic amines is 1. The molecule has 0 spiro atoms. The van der Waals surface area contributed by atoms with E-state index in [0.29, 0.717) is 16.3 Å². The molecular weight excluding hydrogens is 420 g/mol. The summed E-state index contributed by atoms with van der Waals surface area (Å²) in [6.45, 7) is 1.93. The van der Waals surface area contributed by atoms with Crippen LogP contribution in [0.15, 0.2) is 77.8 Å². The van der Waals surface area contributed by atoms with Crippen molar-refractivity contribution in [1.82, 2.24) is 9.88 Å². The second kappa shape index (κ2) is 9.47. The predicted molar refractivity (Wildman–Crippen MR) is 135 cm³/mol. The van der Waals surface area contributed by atoms with Crippen LogP contribution in [0.5, 0.6) is 5.88 Å². The molecule has 0 aliphatic rings. The van der Waals surface area contributed by atoms with Crippen molar-refractivity contribution in [1.29, 1.82) is 0 Å². The van der Waals surface area contributed by atoms with Crippen molar-refractivity contribution in [3.05, 3.63) is 88.9 Å². The number of aromatic nitrogens is 1. The molecule has 3 aromatic carbocycles. The van der Waals surface area contributed by atoms with Crippen molar-refractivity contribution < 1.29 is 5.11 Å². The highest BCUT2D eigenvalue weighted by Gasteiger charge is 2.18. The lowest BCUT2D eigenvalue weighted by atomic mass is 10.0. The van der Waals surface area contributed by atoms with Gasteiger partial charge in [0.1, 0.15) is 0 Å². The summed E-state index contributed by atoms with van der Waals surface area (Å²) >= 11 is 6.15. The third kappa shape index (κ3) is 4.79. The van der Waals surface area contributed by atoms with Crippen LogP contribution in [0.3, 0.4) is 0 Å². The Bertz CT molecular complexity index is 1230. The topological polar surface area (TPSA) is 54.9 Å². The fraction of sp³-hybridized carbons (Fsp3) is 0.192. The molecule has 0 bridgehead atoms. The number of nitrogens with zero attached hydrogens (tertiary/aromatic N) is 3. The van der Waals surface area contributed by atoms with Gasteiger partial charge in [-0.15, -0.1) is 0 Å². The van der Waals surface area contributed by atoms with Gasteiger partial charge in [-0.05, 0) is 50.5 Å². The van der Waals surface area contributed by atoms with Crippen molar-refractivity contribution in [3.8, 4) is 5.88 Å². The quantitative estimate of drug-likeness (QED) is 0.358. The molecule has 1 aromatic heterocycles. The van der Waals surface area contributed by atoms with Crippen LogP contribution >= 0.6 is 11.6 Å². The maximum absolute atomic E-state index is 10.8. The fourth-order valence-corrected chi connectivity index (χ4v) is 3.82. The number of hydrogen-bond acceptors (Lipinski definition) is 4. The Morgan fingerprint density at radius 2 is 1.66 bits per heavy atom. The number of nitrogens with one attached hydrogen (secondary N) is 1. The molecule has 0 aliphatic carbocycles. The summed E-state index contributed by atoms with van der Waals surface area (Å²) in [5.41, 5.74) is 5.01. The first-order valence-electron chi connectivity index (χ1n) is 10.5. The van der Waals surface area contributed by atoms with E-state index in [2.05, 4.69) is 48.1 Å². The number of anilines is 1. The molecule has 32 heavy (non-hydrogen) atoms. The summed E-state index contributed by atoms with van der Waals surface area (Å²) in [7, 11) is 6.24. The molecule has 2 N–H and O–H groups in total. The third-order valence-corrected chi connectivity index (χ3v) is 5.67. The maximum atomic E-state index is 10.8. The van der Waals surface area contributed by atoms with Gasteiger partial charge < -0.3 is 19.9 Å². The van der Waals surface area contributed by atoms with Gasteiger partial charge in [0.2, 0.25) is 0 Å². The van der Waals surface area contributed by atoms with Crippen molar-refractivity contribution in [2.45, 2.75) is 0 Å². The van der Waals surface area contributed by atoms with E-state index in [1.165, 1.54) is 0 Å². The van der Waals surface area contributed by atoms with Gasteiger partial charge in [0.05, 0.1) is 22.5 Å². The molecule has 4 aromatic rings. The highest BCUT2D eigenvalue weighted by Crippen LogP contribution is 2.33. The van der Waals surface area contributed by atoms with Crippen molar-refractivity contribution in [2.24, 2.45) is 4.99 Å². The second-order valence-electron chi connectivity index (χ2n) is 8.11. The highest BCUT2D eigenvalue weighted by molar-refractivity contribution is 6.31. The Morgan fingerprint density at radius 1 is 0.938 bits per heavy atom. The summed E-state index contributed by atoms with van der Waals surface area (Å²) in [6, 6.07) is 23.6. The minimum atomic E-state index is 0.0740. The third-order valence-electron chi connectivity index (χ3n) is 5.44. The van der Waals surface area contributed by atoms with Crippen LogP contribution in [-0.4, -0.2) is 54.9 Å². The Hall–Kier alpha value is -3.28. The van der Waals surface area contributed by atoms with Crippen LogP contribution in [0.25, 0.3) is 10.9 Å². The normalized spacial score (nSPS) is 12.0. The molecule has 0 radical (unpaired) electrons. The summed E-state index contributed by atoms with van der Waals surface area (Å²) in [5, 5.41) is 12.2. The van der Waals surface area contributed by atoms with Gasteiger partial charge in [-0.2, -0.15) is 0 Å². The van der Waals surface area contributed by atoms with Crippen LogP contribution < -0.4 is 4.90 Å². The Labute approximate surface area is 193 Å². The number of hydrogen-bond donors (Lipinski definition) is 2. The average molecular weight is 447 g/mol. The number of fused-ring (bicyclic) bond motifs is 1. The number of likely N-dealkylation sites (N-methyl/N-ethyl adjacent to an activating group) is 2. The lowest BCUT2D eigenvalue weighted by Crippen LogP contribution is -2.28. The number of benzene rings is 3. The standard InChI is InChI=1S/C26H27ClN4O/c1-30(2)15-16-31(3)21-12-10-20(11-13-21)28-25(18-7-5-4-6-8-18)24-22-14-9-19(27)17-23(22)29-26(24)32/h4-14,17,29,32H,15-16H2,1-3H3. The second-order valence-corrected chi connectivity index (χ2v) is 8.54. The van der Waals surface area contributed by atoms with Gasteiger partial charge in [-0.3, -0.25) is 0 Å². The molecule has 5 nitrogen and oxygen atoms in total. The molecule has 164 valence electrons. The summed E-state index contributed by atoms with van der Waals surface area (Å²) in [6.07, 6.45) is 0. The van der Waals surface area contributed by atoms with Gasteiger partial charge in [0.25, 0.3) is 0 Å². The van der Waals surface area contributed by atoms with Gasteiger partial charge >= 0.3 is 0 Å². The van der Waals surface area contributed by atoms with Gasteiger partial charge in [0.15, 0.2) is 5.88 Å². The van der Waals surface area contributed by atoms with E-state index in [0.717, 1.165) is 40.9 Å². The number of halogens is 1. The summed E-state index contributed by atoms with van der Waals surface area (Å²) in [4.78, 5) is 12.4. The first-order chi connectivity index (χ1) is 15.4. The molecule has 0 saturated carbocycles. The average Bonchev–Trinajstić information content (AvgIpc) is 3.11. The van der Waals surface area contributed by atoms with E-state index in [9.17, 15) is 5.11 Å². The SMILES string of the molecule is CN(C)CCN(C)c1ccc(N=C(c2ccccc2)c2c(O)[nH]c3cc(Cl)ccc23)cc1. The zero-order valence-corrected chi connectivity index (χ0v) is 19.3. The smallest absolute Gasteiger partial charge is 0.199 e. The molecule has 0 unspecified atom stereocenters. The Balaban J connectivity index is 1.75. The largest absolute Gasteiger partial charge is 0.494 e. The minimum Gasteiger partial charge on any atom is -0.494 e. The van der Waals surface area contributed by atoms with Crippen LogP contribution in [0, 0.1) is 0 Å². The van der Waals surface area contributed by atoms with Gasteiger partial charge in [-0.25, -0.2) is 4.99 Å². The Kier molecular flexibility index (Phi) is 6.49. The van der Waals surface area contributed by atoms with Crippen LogP contribution in [0.1, 0.15) is 11.1 Å². The maximum Gasteiger partial charge on any atom is 0.199 e. The van der Waals surface area contributed by atoms with E-state index in [-0.39, 0.29) is 5.88 Å². The van der Waals surface area contributed by atoms with Crippen molar-refractivity contribution in [3.63, 3.8) is 0 Å².